The number of hydrogen-bond acceptors (Lipinski definition) is 0. The standard InChI is InChI=1S/C17H16F2Si/c1-20(2,3)12-11-14-9-10-15(18)16(17(14)19)13-7-5-4-6-8-13/h4-10H,1-3H3. The molecular formula is C17H16F2Si. The smallest absolute Gasteiger partial charge is 0.149 e. The summed E-state index contributed by atoms with van der Waals surface area (Å²) in [6.07, 6.45) is 0. The third-order valence-corrected chi connectivity index (χ3v) is 3.60. The van der Waals surface area contributed by atoms with Crippen molar-refractivity contribution in [2.24, 2.45) is 0 Å². The normalized spacial score (nSPS) is 10.8. The van der Waals surface area contributed by atoms with Gasteiger partial charge in [0.25, 0.3) is 0 Å². The Morgan fingerprint density at radius 3 is 2.15 bits per heavy atom. The van der Waals surface area contributed by atoms with Crippen LogP contribution in [0.2, 0.25) is 19.6 Å². The Morgan fingerprint density at radius 1 is 0.900 bits per heavy atom. The summed E-state index contributed by atoms with van der Waals surface area (Å²) in [6, 6.07) is 11.4. The molecule has 0 N–H and O–H groups in total. The first kappa shape index (κ1) is 14.5. The molecule has 0 amide bonds. The summed E-state index contributed by atoms with van der Waals surface area (Å²) in [4.78, 5) is 0. The van der Waals surface area contributed by atoms with Gasteiger partial charge >= 0.3 is 0 Å². The molecule has 20 heavy (non-hydrogen) atoms. The predicted molar refractivity (Wildman–Crippen MR) is 82.0 cm³/mol. The summed E-state index contributed by atoms with van der Waals surface area (Å²) in [5, 5.41) is 0. The third-order valence-electron chi connectivity index (χ3n) is 2.73. The van der Waals surface area contributed by atoms with E-state index in [9.17, 15) is 8.78 Å². The van der Waals surface area contributed by atoms with Crippen molar-refractivity contribution in [2.45, 2.75) is 19.6 Å². The van der Waals surface area contributed by atoms with Crippen LogP contribution < -0.4 is 0 Å². The highest BCUT2D eigenvalue weighted by molar-refractivity contribution is 6.83. The Morgan fingerprint density at radius 2 is 1.55 bits per heavy atom. The van der Waals surface area contributed by atoms with Crippen molar-refractivity contribution < 1.29 is 8.78 Å². The van der Waals surface area contributed by atoms with Gasteiger partial charge in [0.15, 0.2) is 0 Å². The molecule has 0 saturated carbocycles. The molecule has 2 aromatic rings. The van der Waals surface area contributed by atoms with Crippen molar-refractivity contribution >= 4 is 8.07 Å². The first-order chi connectivity index (χ1) is 9.38. The van der Waals surface area contributed by atoms with E-state index < -0.39 is 19.7 Å². The van der Waals surface area contributed by atoms with Gasteiger partial charge in [0, 0.05) is 0 Å². The molecule has 102 valence electrons. The topological polar surface area (TPSA) is 0 Å². The summed E-state index contributed by atoms with van der Waals surface area (Å²) in [5.74, 6) is 1.72. The quantitative estimate of drug-likeness (QED) is 0.519. The van der Waals surface area contributed by atoms with Gasteiger partial charge in [0.05, 0.1) is 11.1 Å². The lowest BCUT2D eigenvalue weighted by atomic mass is 10.0. The van der Waals surface area contributed by atoms with Crippen molar-refractivity contribution in [2.75, 3.05) is 0 Å². The molecule has 0 fully saturated rings. The Hall–Kier alpha value is -1.92. The Labute approximate surface area is 119 Å². The molecule has 0 saturated heterocycles. The van der Waals surface area contributed by atoms with Gasteiger partial charge in [0.2, 0.25) is 0 Å². The molecule has 0 nitrogen and oxygen atoms in total. The lowest BCUT2D eigenvalue weighted by molar-refractivity contribution is 0.587. The highest BCUT2D eigenvalue weighted by atomic mass is 28.3. The van der Waals surface area contributed by atoms with Crippen molar-refractivity contribution in [1.82, 2.24) is 0 Å². The van der Waals surface area contributed by atoms with Crippen LogP contribution in [0.1, 0.15) is 5.56 Å². The first-order valence-corrected chi connectivity index (χ1v) is 9.95. The molecule has 0 aliphatic rings. The fraction of sp³-hybridized carbons (Fsp3) is 0.176. The third kappa shape index (κ3) is 3.34. The summed E-state index contributed by atoms with van der Waals surface area (Å²) >= 11 is 0. The molecule has 0 aromatic heterocycles. The molecule has 0 bridgehead atoms. The molecule has 0 spiro atoms. The minimum Gasteiger partial charge on any atom is -0.206 e. The van der Waals surface area contributed by atoms with Crippen LogP contribution in [-0.2, 0) is 0 Å². The van der Waals surface area contributed by atoms with E-state index in [2.05, 4.69) is 31.1 Å². The zero-order chi connectivity index (χ0) is 14.8. The van der Waals surface area contributed by atoms with E-state index in [0.29, 0.717) is 5.56 Å². The van der Waals surface area contributed by atoms with Gasteiger partial charge in [-0.25, -0.2) is 8.78 Å². The van der Waals surface area contributed by atoms with Crippen LogP contribution in [0.25, 0.3) is 11.1 Å². The van der Waals surface area contributed by atoms with E-state index in [1.807, 2.05) is 6.07 Å². The fourth-order valence-corrected chi connectivity index (χ4v) is 2.28. The van der Waals surface area contributed by atoms with Gasteiger partial charge in [-0.15, -0.1) is 5.54 Å². The summed E-state index contributed by atoms with van der Waals surface area (Å²) < 4.78 is 28.4. The fourth-order valence-electron chi connectivity index (χ4n) is 1.77. The average Bonchev–Trinajstić information content (AvgIpc) is 2.38. The minimum absolute atomic E-state index is 0.00650. The van der Waals surface area contributed by atoms with Crippen molar-refractivity contribution in [3.8, 4) is 22.6 Å². The summed E-state index contributed by atoms with van der Waals surface area (Å²) in [6.45, 7) is 6.25. The molecule has 0 aliphatic carbocycles. The zero-order valence-electron chi connectivity index (χ0n) is 11.8. The maximum atomic E-state index is 14.5. The minimum atomic E-state index is -1.59. The molecule has 0 unspecified atom stereocenters. The molecular weight excluding hydrogens is 270 g/mol. The molecule has 0 heterocycles. The molecule has 3 heteroatoms. The highest BCUT2D eigenvalue weighted by Gasteiger charge is 2.15. The Kier molecular flexibility index (Phi) is 4.06. The van der Waals surface area contributed by atoms with E-state index in [1.165, 1.54) is 12.1 Å². The maximum absolute atomic E-state index is 14.5. The van der Waals surface area contributed by atoms with E-state index in [0.717, 1.165) is 0 Å². The lowest BCUT2D eigenvalue weighted by Crippen LogP contribution is -2.16. The average molecular weight is 286 g/mol. The van der Waals surface area contributed by atoms with E-state index in [4.69, 9.17) is 0 Å². The number of hydrogen-bond donors (Lipinski definition) is 0. The van der Waals surface area contributed by atoms with Crippen LogP contribution in [0.5, 0.6) is 0 Å². The number of rotatable bonds is 1. The summed E-state index contributed by atoms with van der Waals surface area (Å²) in [7, 11) is -1.59. The van der Waals surface area contributed by atoms with Gasteiger partial charge in [0.1, 0.15) is 19.7 Å². The Balaban J connectivity index is 2.57. The highest BCUT2D eigenvalue weighted by Crippen LogP contribution is 2.27. The predicted octanol–water partition coefficient (Wildman–Crippen LogP) is 4.86. The number of benzene rings is 2. The number of halogens is 2. The molecule has 2 aromatic carbocycles. The van der Waals surface area contributed by atoms with Gasteiger partial charge in [-0.05, 0) is 17.7 Å². The molecule has 2 rings (SSSR count). The largest absolute Gasteiger partial charge is 0.206 e. The molecule has 0 aliphatic heterocycles. The van der Waals surface area contributed by atoms with E-state index in [-0.39, 0.29) is 11.1 Å². The SMILES string of the molecule is C[Si](C)(C)C#Cc1ccc(F)c(-c2ccccc2)c1F. The molecule has 0 atom stereocenters. The van der Waals surface area contributed by atoms with Crippen LogP contribution >= 0.6 is 0 Å². The monoisotopic (exact) mass is 286 g/mol. The second-order valence-electron chi connectivity index (χ2n) is 5.65. The van der Waals surface area contributed by atoms with Crippen molar-refractivity contribution in [3.63, 3.8) is 0 Å². The maximum Gasteiger partial charge on any atom is 0.149 e. The zero-order valence-corrected chi connectivity index (χ0v) is 12.8. The van der Waals surface area contributed by atoms with Crippen LogP contribution in [0.3, 0.4) is 0 Å². The lowest BCUT2D eigenvalue weighted by Gasteiger charge is -2.08. The van der Waals surface area contributed by atoms with Gasteiger partial charge < -0.3 is 0 Å². The van der Waals surface area contributed by atoms with Gasteiger partial charge in [-0.2, -0.15) is 0 Å². The van der Waals surface area contributed by atoms with Crippen LogP contribution in [0.4, 0.5) is 8.78 Å². The van der Waals surface area contributed by atoms with Crippen LogP contribution in [0.15, 0.2) is 42.5 Å². The van der Waals surface area contributed by atoms with Crippen molar-refractivity contribution in [1.29, 1.82) is 0 Å². The second kappa shape index (κ2) is 5.60. The van der Waals surface area contributed by atoms with Gasteiger partial charge in [-0.1, -0.05) is 55.9 Å². The van der Waals surface area contributed by atoms with E-state index >= 15 is 0 Å². The Bertz CT molecular complexity index is 674. The summed E-state index contributed by atoms with van der Waals surface area (Å²) in [5.41, 5.74) is 3.88. The van der Waals surface area contributed by atoms with Crippen LogP contribution in [0, 0.1) is 23.1 Å². The van der Waals surface area contributed by atoms with Gasteiger partial charge in [-0.3, -0.25) is 0 Å². The molecule has 0 radical (unpaired) electrons. The van der Waals surface area contributed by atoms with Crippen molar-refractivity contribution in [3.05, 3.63) is 59.7 Å². The van der Waals surface area contributed by atoms with E-state index in [1.54, 1.807) is 24.3 Å². The van der Waals surface area contributed by atoms with Crippen LogP contribution in [-0.4, -0.2) is 8.07 Å². The second-order valence-corrected chi connectivity index (χ2v) is 10.4. The first-order valence-electron chi connectivity index (χ1n) is 6.45.